The predicted molar refractivity (Wildman–Crippen MR) is 90.8 cm³/mol. The highest BCUT2D eigenvalue weighted by atomic mass is 35.5. The lowest BCUT2D eigenvalue weighted by molar-refractivity contribution is 0.415. The molecule has 0 saturated carbocycles. The fourth-order valence-corrected chi connectivity index (χ4v) is 4.38. The quantitative estimate of drug-likeness (QED) is 0.774. The monoisotopic (exact) mass is 324 g/mol. The summed E-state index contributed by atoms with van der Waals surface area (Å²) in [6.45, 7) is 1.04. The molecule has 1 aromatic heterocycles. The van der Waals surface area contributed by atoms with Gasteiger partial charge < -0.3 is 9.30 Å². The number of aryl methyl sites for hydroxylation is 1. The lowest BCUT2D eigenvalue weighted by atomic mass is 10.2. The number of hydrogen-bond donors (Lipinski definition) is 0. The van der Waals surface area contributed by atoms with Gasteiger partial charge in [-0.1, -0.05) is 6.42 Å². The van der Waals surface area contributed by atoms with E-state index in [-0.39, 0.29) is 0 Å². The van der Waals surface area contributed by atoms with Crippen LogP contribution in [0.5, 0.6) is 5.75 Å². The average Bonchev–Trinajstić information content (AvgIpc) is 2.85. The molecule has 0 bridgehead atoms. The van der Waals surface area contributed by atoms with Crippen molar-refractivity contribution in [3.63, 3.8) is 0 Å². The molecule has 0 spiro atoms. The first-order chi connectivity index (χ1) is 10.3. The van der Waals surface area contributed by atoms with Gasteiger partial charge in [-0.25, -0.2) is 4.98 Å². The summed E-state index contributed by atoms with van der Waals surface area (Å²) in [6.07, 6.45) is 4.83. The number of halogens is 1. The van der Waals surface area contributed by atoms with Gasteiger partial charge in [-0.2, -0.15) is 11.8 Å². The number of aromatic nitrogens is 2. The van der Waals surface area contributed by atoms with E-state index in [1.165, 1.54) is 30.5 Å². The van der Waals surface area contributed by atoms with Crippen LogP contribution in [0.4, 0.5) is 0 Å². The van der Waals surface area contributed by atoms with Gasteiger partial charge in [0.05, 0.1) is 18.1 Å². The number of rotatable bonds is 5. The van der Waals surface area contributed by atoms with Crippen LogP contribution in [0.3, 0.4) is 0 Å². The fourth-order valence-electron chi connectivity index (χ4n) is 2.92. The number of thioether (sulfide) groups is 1. The Bertz CT molecular complexity index is 608. The molecule has 1 aliphatic heterocycles. The van der Waals surface area contributed by atoms with Gasteiger partial charge in [0.25, 0.3) is 0 Å². The molecule has 2 aromatic rings. The number of hydrogen-bond acceptors (Lipinski definition) is 3. The second kappa shape index (κ2) is 6.93. The van der Waals surface area contributed by atoms with E-state index in [9.17, 15) is 0 Å². The zero-order valence-electron chi connectivity index (χ0n) is 12.3. The minimum Gasteiger partial charge on any atom is -0.497 e. The zero-order valence-corrected chi connectivity index (χ0v) is 13.9. The highest BCUT2D eigenvalue weighted by molar-refractivity contribution is 7.99. The summed E-state index contributed by atoms with van der Waals surface area (Å²) in [6, 6.07) is 6.14. The van der Waals surface area contributed by atoms with E-state index in [2.05, 4.69) is 22.4 Å². The largest absolute Gasteiger partial charge is 0.497 e. The van der Waals surface area contributed by atoms with Gasteiger partial charge in [-0.05, 0) is 30.7 Å². The maximum atomic E-state index is 5.95. The van der Waals surface area contributed by atoms with Crippen LogP contribution in [0.1, 0.15) is 25.1 Å². The summed E-state index contributed by atoms with van der Waals surface area (Å²) in [4.78, 5) is 4.77. The Labute approximate surface area is 135 Å². The van der Waals surface area contributed by atoms with Gasteiger partial charge in [0, 0.05) is 30.2 Å². The molecule has 1 fully saturated rings. The first-order valence-corrected chi connectivity index (χ1v) is 9.11. The van der Waals surface area contributed by atoms with Crippen LogP contribution in [0.15, 0.2) is 18.2 Å². The van der Waals surface area contributed by atoms with E-state index in [0.29, 0.717) is 11.1 Å². The van der Waals surface area contributed by atoms with E-state index < -0.39 is 0 Å². The number of fused-ring (bicyclic) bond motifs is 1. The van der Waals surface area contributed by atoms with E-state index >= 15 is 0 Å². The molecule has 2 heterocycles. The molecule has 3 nitrogen and oxygen atoms in total. The first kappa shape index (κ1) is 15.0. The number of methoxy groups -OCH3 is 1. The number of nitrogens with zero attached hydrogens (tertiary/aromatic N) is 2. The van der Waals surface area contributed by atoms with Crippen molar-refractivity contribution in [3.05, 3.63) is 24.0 Å². The maximum absolute atomic E-state index is 5.95. The van der Waals surface area contributed by atoms with Crippen molar-refractivity contribution in [3.8, 4) is 5.75 Å². The van der Waals surface area contributed by atoms with Crippen LogP contribution >= 0.6 is 23.4 Å². The molecule has 21 heavy (non-hydrogen) atoms. The Balaban J connectivity index is 1.94. The predicted octanol–water partition coefficient (Wildman–Crippen LogP) is 4.11. The van der Waals surface area contributed by atoms with E-state index in [1.807, 2.05) is 12.1 Å². The van der Waals surface area contributed by atoms with Crippen molar-refractivity contribution in [2.45, 2.75) is 37.5 Å². The Kier molecular flexibility index (Phi) is 4.96. The SMILES string of the molecule is COc1ccc2c(c1)nc(CCCl)n2CC1CCCCS1. The van der Waals surface area contributed by atoms with Crippen LogP contribution in [0.2, 0.25) is 0 Å². The normalized spacial score (nSPS) is 19.0. The molecular weight excluding hydrogens is 304 g/mol. The minimum absolute atomic E-state index is 0.609. The van der Waals surface area contributed by atoms with Gasteiger partial charge in [-0.3, -0.25) is 0 Å². The summed E-state index contributed by atoms with van der Waals surface area (Å²) >= 11 is 8.05. The van der Waals surface area contributed by atoms with Crippen LogP contribution in [0, 0.1) is 0 Å². The molecule has 0 amide bonds. The topological polar surface area (TPSA) is 27.1 Å². The zero-order chi connectivity index (χ0) is 14.7. The molecule has 0 N–H and O–H groups in total. The third-order valence-electron chi connectivity index (χ3n) is 4.01. The van der Waals surface area contributed by atoms with Gasteiger partial charge in [0.2, 0.25) is 0 Å². The van der Waals surface area contributed by atoms with Gasteiger partial charge in [-0.15, -0.1) is 11.6 Å². The molecule has 0 radical (unpaired) electrons. The third-order valence-corrected chi connectivity index (χ3v) is 5.58. The van der Waals surface area contributed by atoms with E-state index in [0.717, 1.165) is 30.1 Å². The molecule has 1 aromatic carbocycles. The third kappa shape index (κ3) is 3.32. The molecule has 1 saturated heterocycles. The second-order valence-electron chi connectivity index (χ2n) is 5.42. The number of imidazole rings is 1. The van der Waals surface area contributed by atoms with E-state index in [1.54, 1.807) is 7.11 Å². The molecule has 1 aliphatic rings. The van der Waals surface area contributed by atoms with Crippen LogP contribution in [-0.2, 0) is 13.0 Å². The molecule has 3 rings (SSSR count). The van der Waals surface area contributed by atoms with Gasteiger partial charge >= 0.3 is 0 Å². The van der Waals surface area contributed by atoms with Crippen LogP contribution in [-0.4, -0.2) is 33.5 Å². The van der Waals surface area contributed by atoms with Crippen LogP contribution < -0.4 is 4.74 Å². The van der Waals surface area contributed by atoms with Gasteiger partial charge in [0.15, 0.2) is 0 Å². The lowest BCUT2D eigenvalue weighted by Crippen LogP contribution is -2.18. The molecule has 5 heteroatoms. The van der Waals surface area contributed by atoms with Gasteiger partial charge in [0.1, 0.15) is 11.6 Å². The number of benzene rings is 1. The number of ether oxygens (including phenoxy) is 1. The number of alkyl halides is 1. The van der Waals surface area contributed by atoms with Crippen molar-refractivity contribution in [2.24, 2.45) is 0 Å². The van der Waals surface area contributed by atoms with Crippen molar-refractivity contribution in [1.82, 2.24) is 9.55 Å². The van der Waals surface area contributed by atoms with Crippen molar-refractivity contribution in [2.75, 3.05) is 18.7 Å². The summed E-state index contributed by atoms with van der Waals surface area (Å²) in [5.41, 5.74) is 2.21. The first-order valence-electron chi connectivity index (χ1n) is 7.52. The smallest absolute Gasteiger partial charge is 0.121 e. The summed E-state index contributed by atoms with van der Waals surface area (Å²) < 4.78 is 7.66. The Morgan fingerprint density at radius 3 is 3.05 bits per heavy atom. The Morgan fingerprint density at radius 2 is 2.33 bits per heavy atom. The molecule has 1 unspecified atom stereocenters. The summed E-state index contributed by atoms with van der Waals surface area (Å²) in [5, 5.41) is 0.701. The Hall–Kier alpha value is -0.870. The molecule has 1 atom stereocenters. The van der Waals surface area contributed by atoms with Crippen molar-refractivity contribution in [1.29, 1.82) is 0 Å². The van der Waals surface area contributed by atoms with Crippen molar-refractivity contribution < 1.29 is 4.74 Å². The Morgan fingerprint density at radius 1 is 1.43 bits per heavy atom. The van der Waals surface area contributed by atoms with Crippen LogP contribution in [0.25, 0.3) is 11.0 Å². The summed E-state index contributed by atoms with van der Waals surface area (Å²) in [7, 11) is 1.69. The minimum atomic E-state index is 0.609. The summed E-state index contributed by atoms with van der Waals surface area (Å²) in [5.74, 6) is 3.85. The molecule has 0 aliphatic carbocycles. The fraction of sp³-hybridized carbons (Fsp3) is 0.562. The standard InChI is InChI=1S/C16H21ClN2OS/c1-20-12-5-6-15-14(10-12)18-16(7-8-17)19(15)11-13-4-2-3-9-21-13/h5-6,10,13H,2-4,7-9,11H2,1H3. The van der Waals surface area contributed by atoms with E-state index in [4.69, 9.17) is 21.3 Å². The second-order valence-corrected chi connectivity index (χ2v) is 7.21. The maximum Gasteiger partial charge on any atom is 0.121 e. The average molecular weight is 325 g/mol. The molecule has 114 valence electrons. The van der Waals surface area contributed by atoms with Crippen molar-refractivity contribution >= 4 is 34.4 Å². The lowest BCUT2D eigenvalue weighted by Gasteiger charge is -2.22. The highest BCUT2D eigenvalue weighted by Crippen LogP contribution is 2.29. The highest BCUT2D eigenvalue weighted by Gasteiger charge is 2.18. The molecular formula is C16H21ClN2OS.